The molecule has 39 heavy (non-hydrogen) atoms. The minimum atomic E-state index is -0.273. The van der Waals surface area contributed by atoms with Gasteiger partial charge in [-0.25, -0.2) is 9.18 Å². The average molecular weight is 555 g/mol. The van der Waals surface area contributed by atoms with Gasteiger partial charge in [-0.1, -0.05) is 26.0 Å². The monoisotopic (exact) mass is 554 g/mol. The van der Waals surface area contributed by atoms with Gasteiger partial charge in [0.05, 0.1) is 10.9 Å². The maximum Gasteiger partial charge on any atom is 0.320 e. The van der Waals surface area contributed by atoms with Crippen molar-refractivity contribution in [2.75, 3.05) is 40.3 Å². The molecule has 0 bridgehead atoms. The second-order valence-corrected chi connectivity index (χ2v) is 14.0. The summed E-state index contributed by atoms with van der Waals surface area (Å²) in [5.74, 6) is -0.304. The predicted octanol–water partition coefficient (Wildman–Crippen LogP) is 6.19. The van der Waals surface area contributed by atoms with E-state index < -0.39 is 0 Å². The van der Waals surface area contributed by atoms with E-state index in [1.165, 1.54) is 49.2 Å². The molecule has 3 aliphatic rings. The van der Waals surface area contributed by atoms with Crippen molar-refractivity contribution in [1.82, 2.24) is 19.6 Å². The van der Waals surface area contributed by atoms with Gasteiger partial charge in [-0.15, -0.1) is 11.3 Å². The summed E-state index contributed by atoms with van der Waals surface area (Å²) in [6.45, 7) is 10.4. The summed E-state index contributed by atoms with van der Waals surface area (Å²) in [6.07, 6.45) is 6.79. The lowest BCUT2D eigenvalue weighted by Crippen LogP contribution is -2.51. The number of thiophene rings is 1. The molecule has 0 spiro atoms. The standard InChI is InChI=1S/C31H43FN4O2S/c1-30(2)14-16-31(3,17-15-30)36-19-13-25(21-36)34(5)29(38)35-18-12-24(20-35)33(4)28(37)27-11-10-26(39-27)22-6-8-23(32)9-7-22/h6-11,24-25H,12-21H2,1-5H3. The van der Waals surface area contributed by atoms with Crippen LogP contribution in [-0.2, 0) is 0 Å². The maximum absolute atomic E-state index is 13.5. The lowest BCUT2D eigenvalue weighted by molar-refractivity contribution is 0.0432. The number of carbonyl (C=O) groups excluding carboxylic acids is 2. The molecule has 0 N–H and O–H groups in total. The van der Waals surface area contributed by atoms with Crippen LogP contribution >= 0.6 is 11.3 Å². The Labute approximate surface area is 236 Å². The fourth-order valence-electron chi connectivity index (χ4n) is 6.50. The SMILES string of the molecule is CN(C(=O)c1ccc(-c2ccc(F)cc2)s1)C1CCN(C(=O)N(C)C2CCN(C3(C)CCC(C)(C)CC3)C2)C1. The molecule has 1 saturated carbocycles. The number of amides is 3. The Morgan fingerprint density at radius 3 is 2.21 bits per heavy atom. The Morgan fingerprint density at radius 2 is 1.51 bits per heavy atom. The van der Waals surface area contributed by atoms with E-state index in [1.807, 2.05) is 36.0 Å². The van der Waals surface area contributed by atoms with Crippen molar-refractivity contribution < 1.29 is 14.0 Å². The van der Waals surface area contributed by atoms with Crippen LogP contribution in [0.2, 0.25) is 0 Å². The van der Waals surface area contributed by atoms with Crippen LogP contribution in [0.4, 0.5) is 9.18 Å². The maximum atomic E-state index is 13.5. The highest BCUT2D eigenvalue weighted by atomic mass is 32.1. The Hall–Kier alpha value is -2.45. The van der Waals surface area contributed by atoms with Crippen LogP contribution in [0.25, 0.3) is 10.4 Å². The normalized spacial score (nSPS) is 24.6. The van der Waals surface area contributed by atoms with E-state index in [-0.39, 0.29) is 35.4 Å². The number of likely N-dealkylation sites (N-methyl/N-ethyl adjacent to an activating group) is 2. The van der Waals surface area contributed by atoms with Gasteiger partial charge in [-0.2, -0.15) is 0 Å². The number of rotatable bonds is 5. The van der Waals surface area contributed by atoms with Gasteiger partial charge >= 0.3 is 6.03 Å². The zero-order valence-electron chi connectivity index (χ0n) is 24.1. The van der Waals surface area contributed by atoms with E-state index >= 15 is 0 Å². The summed E-state index contributed by atoms with van der Waals surface area (Å²) < 4.78 is 13.3. The first-order valence-electron chi connectivity index (χ1n) is 14.4. The average Bonchev–Trinajstić information content (AvgIpc) is 3.70. The molecule has 2 unspecified atom stereocenters. The second-order valence-electron chi connectivity index (χ2n) is 12.9. The van der Waals surface area contributed by atoms with Gasteiger partial charge < -0.3 is 14.7 Å². The molecule has 8 heteroatoms. The Kier molecular flexibility index (Phi) is 7.81. The molecule has 2 aromatic rings. The second kappa shape index (κ2) is 10.8. The van der Waals surface area contributed by atoms with E-state index in [0.717, 1.165) is 36.4 Å². The minimum absolute atomic E-state index is 0.00389. The molecule has 3 heterocycles. The summed E-state index contributed by atoms with van der Waals surface area (Å²) >= 11 is 1.42. The van der Waals surface area contributed by atoms with Crippen LogP contribution in [-0.4, -0.2) is 89.4 Å². The van der Waals surface area contributed by atoms with Crippen LogP contribution < -0.4 is 0 Å². The first kappa shape index (κ1) is 28.1. The fraction of sp³-hybridized carbons (Fsp3) is 0.613. The highest BCUT2D eigenvalue weighted by Gasteiger charge is 2.43. The lowest BCUT2D eigenvalue weighted by Gasteiger charge is -2.47. The molecule has 5 rings (SSSR count). The third-order valence-corrected chi connectivity index (χ3v) is 10.8. The van der Waals surface area contributed by atoms with Gasteiger partial charge in [-0.05, 0) is 80.7 Å². The number of hydrogen-bond donors (Lipinski definition) is 0. The molecule has 1 aliphatic carbocycles. The molecule has 1 aromatic carbocycles. The van der Waals surface area contributed by atoms with E-state index in [9.17, 15) is 14.0 Å². The van der Waals surface area contributed by atoms with Gasteiger partial charge in [0.15, 0.2) is 0 Å². The highest BCUT2D eigenvalue weighted by Crippen LogP contribution is 2.44. The van der Waals surface area contributed by atoms with Crippen LogP contribution in [0.5, 0.6) is 0 Å². The number of urea groups is 1. The summed E-state index contributed by atoms with van der Waals surface area (Å²) in [5, 5.41) is 0. The molecule has 212 valence electrons. The molecular weight excluding hydrogens is 511 g/mol. The molecule has 2 aliphatic heterocycles. The lowest BCUT2D eigenvalue weighted by atomic mass is 9.69. The van der Waals surface area contributed by atoms with Crippen molar-refractivity contribution in [2.24, 2.45) is 5.41 Å². The molecule has 6 nitrogen and oxygen atoms in total. The predicted molar refractivity (Wildman–Crippen MR) is 156 cm³/mol. The van der Waals surface area contributed by atoms with Crippen LogP contribution in [0, 0.1) is 11.2 Å². The van der Waals surface area contributed by atoms with E-state index in [4.69, 9.17) is 0 Å². The summed E-state index contributed by atoms with van der Waals surface area (Å²) in [5.41, 5.74) is 1.59. The quantitative estimate of drug-likeness (QED) is 0.443. The van der Waals surface area contributed by atoms with Gasteiger partial charge in [-0.3, -0.25) is 9.69 Å². The van der Waals surface area contributed by atoms with E-state index in [2.05, 4.69) is 25.7 Å². The Morgan fingerprint density at radius 1 is 0.872 bits per heavy atom. The third kappa shape index (κ3) is 5.87. The zero-order chi connectivity index (χ0) is 27.9. The molecule has 2 atom stereocenters. The van der Waals surface area contributed by atoms with Crippen LogP contribution in [0.15, 0.2) is 36.4 Å². The van der Waals surface area contributed by atoms with Crippen molar-refractivity contribution >= 4 is 23.3 Å². The van der Waals surface area contributed by atoms with E-state index in [0.29, 0.717) is 23.4 Å². The smallest absolute Gasteiger partial charge is 0.320 e. The van der Waals surface area contributed by atoms with Crippen LogP contribution in [0.3, 0.4) is 0 Å². The third-order valence-electron chi connectivity index (χ3n) is 9.70. The topological polar surface area (TPSA) is 47.1 Å². The van der Waals surface area contributed by atoms with Crippen molar-refractivity contribution in [3.8, 4) is 10.4 Å². The first-order valence-corrected chi connectivity index (χ1v) is 15.2. The van der Waals surface area contributed by atoms with Crippen molar-refractivity contribution in [3.63, 3.8) is 0 Å². The molecule has 3 fully saturated rings. The minimum Gasteiger partial charge on any atom is -0.336 e. The van der Waals surface area contributed by atoms with Gasteiger partial charge in [0.1, 0.15) is 5.82 Å². The molecule has 0 radical (unpaired) electrons. The molecule has 2 saturated heterocycles. The summed E-state index contributed by atoms with van der Waals surface area (Å²) in [6, 6.07) is 10.4. The van der Waals surface area contributed by atoms with Gasteiger partial charge in [0.25, 0.3) is 5.91 Å². The first-order chi connectivity index (χ1) is 18.5. The number of carbonyl (C=O) groups is 2. The zero-order valence-corrected chi connectivity index (χ0v) is 24.9. The van der Waals surface area contributed by atoms with Crippen molar-refractivity contribution in [3.05, 3.63) is 47.1 Å². The van der Waals surface area contributed by atoms with Crippen molar-refractivity contribution in [2.45, 2.75) is 76.9 Å². The summed E-state index contributed by atoms with van der Waals surface area (Å²) in [4.78, 5) is 36.6. The number of benzene rings is 1. The van der Waals surface area contributed by atoms with Crippen molar-refractivity contribution in [1.29, 1.82) is 0 Å². The Balaban J connectivity index is 1.14. The summed E-state index contributed by atoms with van der Waals surface area (Å²) in [7, 11) is 3.79. The van der Waals surface area contributed by atoms with Gasteiger partial charge in [0, 0.05) is 56.7 Å². The Bertz CT molecular complexity index is 1190. The molecular formula is C31H43FN4O2S. The molecule has 3 amide bonds. The van der Waals surface area contributed by atoms with Gasteiger partial charge in [0.2, 0.25) is 0 Å². The highest BCUT2D eigenvalue weighted by molar-refractivity contribution is 7.17. The number of halogens is 1. The van der Waals surface area contributed by atoms with E-state index in [1.54, 1.807) is 17.0 Å². The number of nitrogens with zero attached hydrogens (tertiary/aromatic N) is 4. The van der Waals surface area contributed by atoms with Crippen LogP contribution in [0.1, 0.15) is 69.0 Å². The molecule has 1 aromatic heterocycles. The largest absolute Gasteiger partial charge is 0.336 e. The fourth-order valence-corrected chi connectivity index (χ4v) is 7.50. The number of hydrogen-bond acceptors (Lipinski definition) is 4. The number of likely N-dealkylation sites (tertiary alicyclic amines) is 2.